The van der Waals surface area contributed by atoms with Crippen LogP contribution in [-0.2, 0) is 0 Å². The number of halogens is 1. The van der Waals surface area contributed by atoms with E-state index < -0.39 is 0 Å². The maximum atomic E-state index is 8.74. The van der Waals surface area contributed by atoms with E-state index in [1.165, 1.54) is 5.56 Å². The van der Waals surface area contributed by atoms with E-state index in [1.54, 1.807) is 0 Å². The minimum absolute atomic E-state index is 0.0453. The number of oxime groups is 1. The molecule has 2 rings (SSSR count). The van der Waals surface area contributed by atoms with E-state index in [0.717, 1.165) is 36.5 Å². The molecule has 7 heteroatoms. The Morgan fingerprint density at radius 2 is 2.10 bits per heavy atom. The maximum Gasteiger partial charge on any atom is 0.156 e. The molecule has 1 aliphatic rings. The molecule has 0 aromatic carbocycles. The zero-order valence-electron chi connectivity index (χ0n) is 11.8. The second kappa shape index (κ2) is 6.41. The van der Waals surface area contributed by atoms with Gasteiger partial charge in [-0.3, -0.25) is 4.90 Å². The summed E-state index contributed by atoms with van der Waals surface area (Å²) in [5.74, 6) is 1.24. The third kappa shape index (κ3) is 3.04. The average Bonchev–Trinajstić information content (AvgIpc) is 2.48. The molecule has 1 unspecified atom stereocenters. The number of hydrogen-bond donors (Lipinski definition) is 2. The van der Waals surface area contributed by atoms with Crippen molar-refractivity contribution in [2.45, 2.75) is 19.9 Å². The highest BCUT2D eigenvalue weighted by Crippen LogP contribution is 2.27. The molecule has 6 nitrogen and oxygen atoms in total. The Labute approximate surface area is 127 Å². The predicted molar refractivity (Wildman–Crippen MR) is 83.3 cm³/mol. The van der Waals surface area contributed by atoms with Crippen LogP contribution in [-0.4, -0.2) is 53.1 Å². The summed E-state index contributed by atoms with van der Waals surface area (Å²) in [6.07, 6.45) is 1.83. The summed E-state index contributed by atoms with van der Waals surface area (Å²) < 4.78 is 1.05. The number of pyridine rings is 1. The van der Waals surface area contributed by atoms with Crippen molar-refractivity contribution in [2.75, 3.05) is 31.1 Å². The lowest BCUT2D eigenvalue weighted by Gasteiger charge is -2.38. The minimum Gasteiger partial charge on any atom is -0.409 e. The van der Waals surface area contributed by atoms with Gasteiger partial charge in [0.25, 0.3) is 0 Å². The van der Waals surface area contributed by atoms with Gasteiger partial charge in [-0.05, 0) is 41.4 Å². The first-order valence-corrected chi connectivity index (χ1v) is 7.41. The third-order valence-electron chi connectivity index (χ3n) is 3.77. The van der Waals surface area contributed by atoms with E-state index in [2.05, 4.69) is 42.8 Å². The van der Waals surface area contributed by atoms with Crippen LogP contribution in [0.15, 0.2) is 21.9 Å². The summed E-state index contributed by atoms with van der Waals surface area (Å²) in [6.45, 7) is 7.48. The Morgan fingerprint density at radius 1 is 1.45 bits per heavy atom. The van der Waals surface area contributed by atoms with Gasteiger partial charge >= 0.3 is 0 Å². The number of nitrogens with two attached hydrogens (primary N) is 1. The van der Waals surface area contributed by atoms with E-state index in [0.29, 0.717) is 0 Å². The van der Waals surface area contributed by atoms with Gasteiger partial charge in [0.15, 0.2) is 5.84 Å². The number of piperazine rings is 1. The van der Waals surface area contributed by atoms with Crippen LogP contribution in [0.4, 0.5) is 5.82 Å². The van der Waals surface area contributed by atoms with Crippen molar-refractivity contribution in [2.24, 2.45) is 10.9 Å². The molecular weight excluding hydrogens is 322 g/mol. The van der Waals surface area contributed by atoms with E-state index in [-0.39, 0.29) is 11.9 Å². The fourth-order valence-electron chi connectivity index (χ4n) is 2.34. The minimum atomic E-state index is -0.0453. The van der Waals surface area contributed by atoms with Gasteiger partial charge in [-0.2, -0.15) is 0 Å². The zero-order chi connectivity index (χ0) is 14.7. The number of nitrogens with zero attached hydrogens (tertiary/aromatic N) is 4. The number of aromatic nitrogens is 1. The molecule has 1 aromatic heterocycles. The number of anilines is 1. The lowest BCUT2D eigenvalue weighted by molar-refractivity contribution is 0.229. The number of amidine groups is 1. The maximum absolute atomic E-state index is 8.74. The molecule has 3 N–H and O–H groups in total. The van der Waals surface area contributed by atoms with Crippen LogP contribution in [0.3, 0.4) is 0 Å². The van der Waals surface area contributed by atoms with E-state index >= 15 is 0 Å². The Kier molecular flexibility index (Phi) is 4.82. The van der Waals surface area contributed by atoms with Crippen LogP contribution in [0, 0.1) is 6.92 Å². The molecule has 1 saturated heterocycles. The quantitative estimate of drug-likeness (QED) is 0.376. The molecule has 0 aliphatic carbocycles. The summed E-state index contributed by atoms with van der Waals surface area (Å²) in [5.41, 5.74) is 6.84. The van der Waals surface area contributed by atoms with Crippen molar-refractivity contribution in [1.82, 2.24) is 9.88 Å². The summed E-state index contributed by atoms with van der Waals surface area (Å²) >= 11 is 3.60. The standard InChI is InChI=1S/C13H20BrN5O/c1-9-3-4-16-13(11(9)14)19-7-5-18(6-8-19)10(2)12(15)17-20/h3-4,10,20H,5-8H2,1-2H3,(H2,15,17). The van der Waals surface area contributed by atoms with Gasteiger partial charge in [0.2, 0.25) is 0 Å². The van der Waals surface area contributed by atoms with Gasteiger partial charge in [0.05, 0.1) is 10.5 Å². The summed E-state index contributed by atoms with van der Waals surface area (Å²) in [5, 5.41) is 11.8. The lowest BCUT2D eigenvalue weighted by Crippen LogP contribution is -2.53. The van der Waals surface area contributed by atoms with Crippen LogP contribution in [0.2, 0.25) is 0 Å². The highest BCUT2D eigenvalue weighted by molar-refractivity contribution is 9.10. The van der Waals surface area contributed by atoms with E-state index in [1.807, 2.05) is 19.2 Å². The number of aryl methyl sites for hydroxylation is 1. The van der Waals surface area contributed by atoms with Crippen molar-refractivity contribution in [3.8, 4) is 0 Å². The smallest absolute Gasteiger partial charge is 0.156 e. The fraction of sp³-hybridized carbons (Fsp3) is 0.538. The van der Waals surface area contributed by atoms with Gasteiger partial charge in [0, 0.05) is 32.4 Å². The molecule has 110 valence electrons. The summed E-state index contributed by atoms with van der Waals surface area (Å²) in [7, 11) is 0. The molecule has 1 aliphatic heterocycles. The van der Waals surface area contributed by atoms with Crippen molar-refractivity contribution in [1.29, 1.82) is 0 Å². The Balaban J connectivity index is 2.03. The van der Waals surface area contributed by atoms with Crippen molar-refractivity contribution in [3.05, 3.63) is 22.3 Å². The van der Waals surface area contributed by atoms with Gasteiger partial charge in [-0.25, -0.2) is 4.98 Å². The molecule has 0 bridgehead atoms. The first-order valence-electron chi connectivity index (χ1n) is 6.62. The Morgan fingerprint density at radius 3 is 2.70 bits per heavy atom. The largest absolute Gasteiger partial charge is 0.409 e. The van der Waals surface area contributed by atoms with Gasteiger partial charge in [0.1, 0.15) is 5.82 Å². The van der Waals surface area contributed by atoms with E-state index in [9.17, 15) is 0 Å². The third-order valence-corrected chi connectivity index (χ3v) is 4.75. The molecule has 1 aromatic rings. The predicted octanol–water partition coefficient (Wildman–Crippen LogP) is 1.41. The van der Waals surface area contributed by atoms with E-state index in [4.69, 9.17) is 10.9 Å². The van der Waals surface area contributed by atoms with Crippen molar-refractivity contribution < 1.29 is 5.21 Å². The Hall–Kier alpha value is -1.34. The molecule has 0 saturated carbocycles. The molecule has 0 amide bonds. The van der Waals surface area contributed by atoms with Crippen LogP contribution in [0.25, 0.3) is 0 Å². The highest BCUT2D eigenvalue weighted by atomic mass is 79.9. The average molecular weight is 342 g/mol. The van der Waals surface area contributed by atoms with Crippen LogP contribution in [0.5, 0.6) is 0 Å². The van der Waals surface area contributed by atoms with Crippen LogP contribution in [0.1, 0.15) is 12.5 Å². The topological polar surface area (TPSA) is 78.0 Å². The summed E-state index contributed by atoms with van der Waals surface area (Å²) in [6, 6.07) is 1.95. The monoisotopic (exact) mass is 341 g/mol. The van der Waals surface area contributed by atoms with Crippen LogP contribution >= 0.6 is 15.9 Å². The zero-order valence-corrected chi connectivity index (χ0v) is 13.3. The van der Waals surface area contributed by atoms with Gasteiger partial charge in [-0.15, -0.1) is 0 Å². The first kappa shape index (κ1) is 15.1. The number of rotatable bonds is 3. The highest BCUT2D eigenvalue weighted by Gasteiger charge is 2.25. The fourth-order valence-corrected chi connectivity index (χ4v) is 2.82. The first-order chi connectivity index (χ1) is 9.54. The SMILES string of the molecule is Cc1ccnc(N2CCN(C(C)/C(N)=N/O)CC2)c1Br. The normalized spacial score (nSPS) is 19.1. The van der Waals surface area contributed by atoms with Gasteiger partial charge < -0.3 is 15.8 Å². The second-order valence-electron chi connectivity index (χ2n) is 4.99. The van der Waals surface area contributed by atoms with Gasteiger partial charge in [-0.1, -0.05) is 5.16 Å². The number of hydrogen-bond acceptors (Lipinski definition) is 5. The molecular formula is C13H20BrN5O. The lowest BCUT2D eigenvalue weighted by atomic mass is 10.2. The molecule has 1 fully saturated rings. The molecule has 1 atom stereocenters. The van der Waals surface area contributed by atoms with Crippen molar-refractivity contribution in [3.63, 3.8) is 0 Å². The molecule has 2 heterocycles. The second-order valence-corrected chi connectivity index (χ2v) is 5.78. The summed E-state index contributed by atoms with van der Waals surface area (Å²) in [4.78, 5) is 8.92. The molecule has 0 radical (unpaired) electrons. The molecule has 20 heavy (non-hydrogen) atoms. The Bertz CT molecular complexity index is 500. The van der Waals surface area contributed by atoms with Crippen LogP contribution < -0.4 is 10.6 Å². The van der Waals surface area contributed by atoms with Crippen molar-refractivity contribution >= 4 is 27.6 Å². The molecule has 0 spiro atoms.